The summed E-state index contributed by atoms with van der Waals surface area (Å²) in [6.45, 7) is -0.248. The zero-order valence-corrected chi connectivity index (χ0v) is 11.9. The van der Waals surface area contributed by atoms with E-state index >= 15 is 0 Å². The van der Waals surface area contributed by atoms with E-state index in [9.17, 15) is 9.50 Å². The molecule has 0 saturated carbocycles. The van der Waals surface area contributed by atoms with Gasteiger partial charge in [-0.15, -0.1) is 0 Å². The maximum Gasteiger partial charge on any atom is 0.226 e. The van der Waals surface area contributed by atoms with E-state index in [1.807, 2.05) is 0 Å². The fraction of sp³-hybridized carbons (Fsp3) is 0.545. The number of aliphatic hydroxyl groups excluding tert-OH is 2. The van der Waals surface area contributed by atoms with Gasteiger partial charge in [0.05, 0.1) is 26.2 Å². The van der Waals surface area contributed by atoms with Crippen LogP contribution in [0.3, 0.4) is 0 Å². The number of aliphatic hydroxyl groups is 2. The van der Waals surface area contributed by atoms with Crippen molar-refractivity contribution in [2.24, 2.45) is 0 Å². The Balaban J connectivity index is 0.000000774. The number of ether oxygens (including phenoxy) is 1. The number of alkyl halides is 1. The molecule has 21 heavy (non-hydrogen) atoms. The molecule has 3 heterocycles. The van der Waals surface area contributed by atoms with Gasteiger partial charge in [0.25, 0.3) is 0 Å². The molecule has 2 aromatic rings. The molecule has 116 valence electrons. The SMILES string of the molecule is CF.Nc1nc(Cl)nc2c1ncn2C1CC(O)C(CO)O1. The van der Waals surface area contributed by atoms with Crippen LogP contribution >= 0.6 is 11.6 Å². The maximum atomic E-state index is 9.74. The van der Waals surface area contributed by atoms with Crippen molar-refractivity contribution in [1.29, 1.82) is 0 Å². The molecule has 0 aromatic carbocycles. The van der Waals surface area contributed by atoms with Gasteiger partial charge in [-0.1, -0.05) is 0 Å². The first-order valence-electron chi connectivity index (χ1n) is 6.08. The Hall–Kier alpha value is -1.55. The van der Waals surface area contributed by atoms with Crippen LogP contribution in [0.15, 0.2) is 6.33 Å². The molecule has 4 N–H and O–H groups in total. The van der Waals surface area contributed by atoms with Crippen molar-refractivity contribution >= 4 is 28.6 Å². The van der Waals surface area contributed by atoms with Crippen LogP contribution in [-0.2, 0) is 4.74 Å². The zero-order chi connectivity index (χ0) is 15.6. The van der Waals surface area contributed by atoms with Crippen LogP contribution in [-0.4, -0.2) is 55.7 Å². The summed E-state index contributed by atoms with van der Waals surface area (Å²) in [5.74, 6) is 0.186. The van der Waals surface area contributed by atoms with E-state index in [0.29, 0.717) is 24.8 Å². The standard InChI is InChI=1S/C10H12ClN5O3.CH3F/c11-10-14-8(12)7-9(15-10)16(3-13-7)6-1-4(18)5(2-17)19-6;1-2/h3-6,17-18H,1-2H2,(H2,12,14,15);1H3. The lowest BCUT2D eigenvalue weighted by Crippen LogP contribution is -2.24. The van der Waals surface area contributed by atoms with E-state index in [4.69, 9.17) is 27.2 Å². The highest BCUT2D eigenvalue weighted by atomic mass is 35.5. The van der Waals surface area contributed by atoms with Crippen LogP contribution in [0.5, 0.6) is 0 Å². The summed E-state index contributed by atoms with van der Waals surface area (Å²) < 4.78 is 16.7. The Labute approximate surface area is 124 Å². The number of halogens is 2. The van der Waals surface area contributed by atoms with Gasteiger partial charge in [0.1, 0.15) is 17.8 Å². The predicted molar refractivity (Wildman–Crippen MR) is 73.4 cm³/mol. The summed E-state index contributed by atoms with van der Waals surface area (Å²) in [6.07, 6.45) is 0.0169. The maximum absolute atomic E-state index is 9.74. The van der Waals surface area contributed by atoms with Gasteiger partial charge < -0.3 is 20.7 Å². The Kier molecular flexibility index (Phi) is 4.88. The average molecular weight is 320 g/mol. The van der Waals surface area contributed by atoms with Crippen molar-refractivity contribution in [2.75, 3.05) is 19.5 Å². The van der Waals surface area contributed by atoms with E-state index in [2.05, 4.69) is 15.0 Å². The first-order chi connectivity index (χ1) is 10.1. The van der Waals surface area contributed by atoms with Crippen LogP contribution in [0.2, 0.25) is 5.28 Å². The lowest BCUT2D eigenvalue weighted by atomic mass is 10.2. The molecule has 3 rings (SSSR count). The summed E-state index contributed by atoms with van der Waals surface area (Å²) in [4.78, 5) is 12.0. The molecular formula is C11H15ClFN5O3. The van der Waals surface area contributed by atoms with E-state index in [1.165, 1.54) is 6.33 Å². The molecule has 1 saturated heterocycles. The second-order valence-electron chi connectivity index (χ2n) is 4.32. The number of aromatic nitrogens is 4. The molecule has 8 nitrogen and oxygen atoms in total. The zero-order valence-electron chi connectivity index (χ0n) is 11.1. The number of rotatable bonds is 2. The highest BCUT2D eigenvalue weighted by molar-refractivity contribution is 6.28. The quantitative estimate of drug-likeness (QED) is 0.680. The number of nitrogens with two attached hydrogens (primary N) is 1. The van der Waals surface area contributed by atoms with E-state index in [1.54, 1.807) is 4.57 Å². The summed E-state index contributed by atoms with van der Waals surface area (Å²) >= 11 is 5.77. The minimum Gasteiger partial charge on any atom is -0.394 e. The molecule has 0 aliphatic carbocycles. The fourth-order valence-corrected chi connectivity index (χ4v) is 2.34. The van der Waals surface area contributed by atoms with Crippen LogP contribution in [0.25, 0.3) is 11.2 Å². The van der Waals surface area contributed by atoms with Gasteiger partial charge in [-0.2, -0.15) is 9.97 Å². The number of nitrogen functional groups attached to an aromatic ring is 1. The normalized spacial score (nSPS) is 24.9. The van der Waals surface area contributed by atoms with Crippen LogP contribution < -0.4 is 5.73 Å². The number of nitrogens with zero attached hydrogens (tertiary/aromatic N) is 4. The Bertz CT molecular complexity index is 625. The molecular weight excluding hydrogens is 305 g/mol. The molecule has 0 amide bonds. The monoisotopic (exact) mass is 319 g/mol. The van der Waals surface area contributed by atoms with Gasteiger partial charge in [0, 0.05) is 6.42 Å². The third-order valence-electron chi connectivity index (χ3n) is 3.12. The van der Waals surface area contributed by atoms with Crippen molar-refractivity contribution in [3.63, 3.8) is 0 Å². The lowest BCUT2D eigenvalue weighted by Gasteiger charge is -2.13. The first kappa shape index (κ1) is 15.8. The predicted octanol–water partition coefficient (Wildman–Crippen LogP) is 0.288. The van der Waals surface area contributed by atoms with E-state index in [0.717, 1.165) is 0 Å². The van der Waals surface area contributed by atoms with Crippen molar-refractivity contribution in [2.45, 2.75) is 24.9 Å². The Morgan fingerprint density at radius 3 is 2.86 bits per heavy atom. The van der Waals surface area contributed by atoms with Gasteiger partial charge in [-0.3, -0.25) is 8.96 Å². The molecule has 1 aliphatic rings. The first-order valence-corrected chi connectivity index (χ1v) is 6.45. The van der Waals surface area contributed by atoms with Crippen molar-refractivity contribution in [1.82, 2.24) is 19.5 Å². The summed E-state index contributed by atoms with van der Waals surface area (Å²) in [7, 11) is 0.500. The minimum atomic E-state index is -0.734. The molecule has 10 heteroatoms. The Morgan fingerprint density at radius 2 is 2.24 bits per heavy atom. The van der Waals surface area contributed by atoms with Gasteiger partial charge in [-0.05, 0) is 11.6 Å². The summed E-state index contributed by atoms with van der Waals surface area (Å²) in [6, 6.07) is 0. The number of hydrogen-bond acceptors (Lipinski definition) is 7. The Morgan fingerprint density at radius 1 is 1.52 bits per heavy atom. The molecule has 3 unspecified atom stereocenters. The lowest BCUT2D eigenvalue weighted by molar-refractivity contribution is -0.0432. The molecule has 0 bridgehead atoms. The van der Waals surface area contributed by atoms with Gasteiger partial charge in [0.2, 0.25) is 5.28 Å². The van der Waals surface area contributed by atoms with E-state index in [-0.39, 0.29) is 17.7 Å². The van der Waals surface area contributed by atoms with E-state index < -0.39 is 18.4 Å². The van der Waals surface area contributed by atoms with Crippen molar-refractivity contribution in [3.05, 3.63) is 11.6 Å². The highest BCUT2D eigenvalue weighted by Crippen LogP contribution is 2.31. The second-order valence-corrected chi connectivity index (χ2v) is 4.65. The second kappa shape index (κ2) is 6.48. The molecule has 3 atom stereocenters. The average Bonchev–Trinajstić information content (AvgIpc) is 3.04. The largest absolute Gasteiger partial charge is 0.394 e. The summed E-state index contributed by atoms with van der Waals surface area (Å²) in [5, 5.41) is 18.8. The van der Waals surface area contributed by atoms with Crippen molar-refractivity contribution in [3.8, 4) is 0 Å². The number of hydrogen-bond donors (Lipinski definition) is 3. The minimum absolute atomic E-state index is 0.0176. The molecule has 0 spiro atoms. The smallest absolute Gasteiger partial charge is 0.226 e. The fourth-order valence-electron chi connectivity index (χ4n) is 2.17. The number of anilines is 1. The number of fused-ring (bicyclic) bond motifs is 1. The molecule has 0 radical (unpaired) electrons. The highest BCUT2D eigenvalue weighted by Gasteiger charge is 2.35. The van der Waals surface area contributed by atoms with Crippen LogP contribution in [0, 0.1) is 0 Å². The van der Waals surface area contributed by atoms with Gasteiger partial charge in [0.15, 0.2) is 11.5 Å². The van der Waals surface area contributed by atoms with Crippen LogP contribution in [0.4, 0.5) is 10.2 Å². The summed E-state index contributed by atoms with van der Waals surface area (Å²) in [5.41, 5.74) is 6.57. The topological polar surface area (TPSA) is 119 Å². The third kappa shape index (κ3) is 2.91. The van der Waals surface area contributed by atoms with Crippen LogP contribution in [0.1, 0.15) is 12.6 Å². The molecule has 1 fully saturated rings. The third-order valence-corrected chi connectivity index (χ3v) is 3.28. The number of imidazole rings is 1. The molecule has 1 aliphatic heterocycles. The van der Waals surface area contributed by atoms with Crippen molar-refractivity contribution < 1.29 is 19.3 Å². The van der Waals surface area contributed by atoms with Gasteiger partial charge >= 0.3 is 0 Å². The van der Waals surface area contributed by atoms with Gasteiger partial charge in [-0.25, -0.2) is 4.98 Å². The molecule has 2 aromatic heterocycles.